The highest BCUT2D eigenvalue weighted by atomic mass is 35.5. The van der Waals surface area contributed by atoms with E-state index in [2.05, 4.69) is 16.8 Å². The number of nitrogens with zero attached hydrogens (tertiary/aromatic N) is 3. The van der Waals surface area contributed by atoms with Crippen LogP contribution in [0.4, 0.5) is 4.79 Å². The van der Waals surface area contributed by atoms with E-state index in [1.807, 2.05) is 4.90 Å². The van der Waals surface area contributed by atoms with Crippen molar-refractivity contribution in [3.63, 3.8) is 0 Å². The highest BCUT2D eigenvalue weighted by molar-refractivity contribution is 6.35. The second kappa shape index (κ2) is 12.3. The van der Waals surface area contributed by atoms with E-state index in [4.69, 9.17) is 27.9 Å². The second-order valence-corrected chi connectivity index (χ2v) is 10.5. The zero-order valence-electron chi connectivity index (χ0n) is 21.2. The van der Waals surface area contributed by atoms with Crippen LogP contribution in [0.15, 0.2) is 42.1 Å². The van der Waals surface area contributed by atoms with E-state index < -0.39 is 12.0 Å². The van der Waals surface area contributed by atoms with Crippen LogP contribution < -0.4 is 5.32 Å². The monoisotopic (exact) mass is 548 g/mol. The molecule has 1 aromatic carbocycles. The third kappa shape index (κ3) is 6.13. The van der Waals surface area contributed by atoms with Crippen LogP contribution in [-0.2, 0) is 14.3 Å². The van der Waals surface area contributed by atoms with Gasteiger partial charge in [-0.2, -0.15) is 0 Å². The number of rotatable bonds is 8. The number of halogens is 2. The zero-order chi connectivity index (χ0) is 26.5. The van der Waals surface area contributed by atoms with Crippen LogP contribution >= 0.6 is 23.2 Å². The van der Waals surface area contributed by atoms with Gasteiger partial charge in [0, 0.05) is 60.9 Å². The van der Waals surface area contributed by atoms with Gasteiger partial charge in [0.2, 0.25) is 5.91 Å². The molecule has 0 bridgehead atoms. The quantitative estimate of drug-likeness (QED) is 0.384. The van der Waals surface area contributed by atoms with E-state index in [-0.39, 0.29) is 31.0 Å². The van der Waals surface area contributed by atoms with Crippen LogP contribution in [-0.4, -0.2) is 78.5 Å². The Morgan fingerprint density at radius 1 is 1.16 bits per heavy atom. The van der Waals surface area contributed by atoms with Crippen molar-refractivity contribution in [1.29, 1.82) is 0 Å². The Balaban J connectivity index is 1.67. The Labute approximate surface area is 228 Å². The fraction of sp³-hybridized carbons (Fsp3) is 0.519. The molecule has 37 heavy (non-hydrogen) atoms. The molecule has 2 fully saturated rings. The van der Waals surface area contributed by atoms with Gasteiger partial charge in [0.05, 0.1) is 18.2 Å². The van der Waals surface area contributed by atoms with Crippen LogP contribution in [0.25, 0.3) is 0 Å². The molecule has 1 saturated heterocycles. The first-order valence-electron chi connectivity index (χ1n) is 12.9. The fourth-order valence-electron chi connectivity index (χ4n) is 5.09. The summed E-state index contributed by atoms with van der Waals surface area (Å²) in [6, 6.07) is 3.83. The number of hydrogen-bond donors (Lipinski definition) is 1. The van der Waals surface area contributed by atoms with Crippen LogP contribution in [0.2, 0.25) is 10.0 Å². The van der Waals surface area contributed by atoms with Crippen LogP contribution in [0.3, 0.4) is 0 Å². The van der Waals surface area contributed by atoms with Crippen molar-refractivity contribution >= 4 is 41.1 Å². The predicted octanol–water partition coefficient (Wildman–Crippen LogP) is 4.40. The predicted molar refractivity (Wildman–Crippen MR) is 143 cm³/mol. The summed E-state index contributed by atoms with van der Waals surface area (Å²) in [5.41, 5.74) is 1.45. The molecule has 3 amide bonds. The summed E-state index contributed by atoms with van der Waals surface area (Å²) in [7, 11) is 0. The van der Waals surface area contributed by atoms with Gasteiger partial charge in [-0.05, 0) is 43.9 Å². The summed E-state index contributed by atoms with van der Waals surface area (Å²) < 4.78 is 5.46. The number of carbonyl (C=O) groups excluding carboxylic acids is 3. The lowest BCUT2D eigenvalue weighted by Crippen LogP contribution is -2.51. The van der Waals surface area contributed by atoms with E-state index >= 15 is 0 Å². The summed E-state index contributed by atoms with van der Waals surface area (Å²) in [5, 5.41) is 3.72. The van der Waals surface area contributed by atoms with E-state index in [1.165, 1.54) is 4.90 Å². The zero-order valence-corrected chi connectivity index (χ0v) is 22.7. The van der Waals surface area contributed by atoms with Crippen LogP contribution in [0, 0.1) is 5.92 Å². The molecule has 1 aromatic rings. The number of carbonyl (C=O) groups is 3. The first kappa shape index (κ1) is 27.5. The van der Waals surface area contributed by atoms with Gasteiger partial charge < -0.3 is 15.0 Å². The number of amides is 3. The molecule has 3 aliphatic rings. The van der Waals surface area contributed by atoms with E-state index in [0.717, 1.165) is 38.8 Å². The highest BCUT2D eigenvalue weighted by Crippen LogP contribution is 2.36. The molecule has 0 radical (unpaired) electrons. The lowest BCUT2D eigenvalue weighted by molar-refractivity contribution is -0.139. The van der Waals surface area contributed by atoms with Gasteiger partial charge >= 0.3 is 12.0 Å². The van der Waals surface area contributed by atoms with E-state index in [9.17, 15) is 14.4 Å². The average molecular weight is 549 g/mol. The first-order valence-corrected chi connectivity index (χ1v) is 13.6. The van der Waals surface area contributed by atoms with Gasteiger partial charge in [0.15, 0.2) is 0 Å². The number of nitrogens with one attached hydrogen (secondary N) is 1. The summed E-state index contributed by atoms with van der Waals surface area (Å²) in [5.74, 6) is -0.0961. The third-order valence-corrected chi connectivity index (χ3v) is 7.81. The molecule has 200 valence electrons. The normalized spacial score (nSPS) is 21.3. The maximum absolute atomic E-state index is 13.4. The van der Waals surface area contributed by atoms with Crippen molar-refractivity contribution in [3.8, 4) is 0 Å². The Kier molecular flexibility index (Phi) is 9.16. The molecule has 2 heterocycles. The minimum Gasteiger partial charge on any atom is -0.463 e. The third-order valence-electron chi connectivity index (χ3n) is 7.25. The second-order valence-electron chi connectivity index (χ2n) is 9.61. The Morgan fingerprint density at radius 3 is 2.59 bits per heavy atom. The molecule has 1 aliphatic carbocycles. The van der Waals surface area contributed by atoms with Crippen molar-refractivity contribution in [2.24, 2.45) is 5.92 Å². The van der Waals surface area contributed by atoms with Gasteiger partial charge in [-0.1, -0.05) is 41.8 Å². The van der Waals surface area contributed by atoms with Crippen molar-refractivity contribution in [1.82, 2.24) is 20.0 Å². The highest BCUT2D eigenvalue weighted by Gasteiger charge is 2.39. The largest absolute Gasteiger partial charge is 0.463 e. The SMILES string of the molecule is C=CCN1C(=O)N[C@@H](c2ccc(Cl)cc2Cl)C(C(=O)OCC)=C1CN1CCCN(C(=O)C2CCC2)CC1. The van der Waals surface area contributed by atoms with Crippen molar-refractivity contribution in [2.75, 3.05) is 45.9 Å². The van der Waals surface area contributed by atoms with Crippen molar-refractivity contribution < 1.29 is 19.1 Å². The standard InChI is InChI=1S/C27H34Cl2N4O4/c1-3-11-33-22(17-31-12-6-13-32(15-14-31)25(34)18-7-5-8-18)23(26(35)37-4-2)24(30-27(33)36)20-10-9-19(28)16-21(20)29/h3,9-10,16,18,24H,1,4-8,11-15,17H2,2H3,(H,30,36)/t24-/m0/s1. The Bertz CT molecular complexity index is 1090. The minimum atomic E-state index is -0.795. The molecule has 4 rings (SSSR count). The molecule has 2 aliphatic heterocycles. The topological polar surface area (TPSA) is 82.2 Å². The van der Waals surface area contributed by atoms with Crippen molar-refractivity contribution in [3.05, 3.63) is 57.7 Å². The lowest BCUT2D eigenvalue weighted by atomic mass is 9.84. The average Bonchev–Trinajstić information content (AvgIpc) is 3.06. The van der Waals surface area contributed by atoms with Gasteiger partial charge in [-0.25, -0.2) is 9.59 Å². The van der Waals surface area contributed by atoms with Crippen LogP contribution in [0.1, 0.15) is 44.2 Å². The molecule has 0 aromatic heterocycles. The van der Waals surface area contributed by atoms with Gasteiger partial charge in [-0.15, -0.1) is 6.58 Å². The smallest absolute Gasteiger partial charge is 0.338 e. The molecule has 10 heteroatoms. The molecule has 0 unspecified atom stereocenters. The number of hydrogen-bond acceptors (Lipinski definition) is 5. The maximum atomic E-state index is 13.4. The van der Waals surface area contributed by atoms with E-state index in [1.54, 1.807) is 31.2 Å². The summed E-state index contributed by atoms with van der Waals surface area (Å²) in [6.45, 7) is 9.03. The molecule has 1 N–H and O–H groups in total. The molecule has 1 saturated carbocycles. The van der Waals surface area contributed by atoms with Gasteiger partial charge in [0.25, 0.3) is 0 Å². The molecular formula is C27H34Cl2N4O4. The first-order chi connectivity index (χ1) is 17.8. The van der Waals surface area contributed by atoms with E-state index in [0.29, 0.717) is 46.5 Å². The van der Waals surface area contributed by atoms with Gasteiger partial charge in [0.1, 0.15) is 0 Å². The maximum Gasteiger partial charge on any atom is 0.338 e. The Morgan fingerprint density at radius 2 is 1.95 bits per heavy atom. The number of benzene rings is 1. The van der Waals surface area contributed by atoms with Crippen molar-refractivity contribution in [2.45, 2.75) is 38.6 Å². The van der Waals surface area contributed by atoms with Gasteiger partial charge in [-0.3, -0.25) is 14.6 Å². The molecule has 0 spiro atoms. The number of esters is 1. The van der Waals surface area contributed by atoms with Crippen LogP contribution in [0.5, 0.6) is 0 Å². The Hall–Kier alpha value is -2.55. The molecular weight excluding hydrogens is 515 g/mol. The fourth-order valence-corrected chi connectivity index (χ4v) is 5.61. The molecule has 8 nitrogen and oxygen atoms in total. The summed E-state index contributed by atoms with van der Waals surface area (Å²) >= 11 is 12.6. The number of ether oxygens (including phenoxy) is 1. The number of urea groups is 1. The summed E-state index contributed by atoms with van der Waals surface area (Å²) in [4.78, 5) is 45.2. The minimum absolute atomic E-state index is 0.166. The molecule has 1 atom stereocenters. The lowest BCUT2D eigenvalue weighted by Gasteiger charge is -2.38. The summed E-state index contributed by atoms with van der Waals surface area (Å²) in [6.07, 6.45) is 5.53.